The number of carbonyl (C=O) groups is 1. The topological polar surface area (TPSA) is 78.7 Å². The van der Waals surface area contributed by atoms with Crippen molar-refractivity contribution in [1.82, 2.24) is 10.6 Å². The molecule has 0 bridgehead atoms. The zero-order valence-corrected chi connectivity index (χ0v) is 14.2. The Bertz CT molecular complexity index is 740. The molecule has 0 atom stereocenters. The van der Waals surface area contributed by atoms with E-state index in [1.807, 2.05) is 24.3 Å². The second-order valence-corrected chi connectivity index (χ2v) is 5.84. The van der Waals surface area contributed by atoms with Crippen molar-refractivity contribution in [3.05, 3.63) is 66.1 Å². The number of amides is 1. The molecule has 1 amide bonds. The molecule has 130 valence electrons. The van der Waals surface area contributed by atoms with Crippen molar-refractivity contribution in [2.24, 2.45) is 4.99 Å². The molecule has 1 heterocycles. The fraction of sp³-hybridized carbons (Fsp3) is 0.263. The molecule has 0 aliphatic heterocycles. The van der Waals surface area contributed by atoms with Gasteiger partial charge in [-0.1, -0.05) is 24.3 Å². The Morgan fingerprint density at radius 3 is 2.60 bits per heavy atom. The zero-order chi connectivity index (χ0) is 17.5. The molecule has 0 saturated carbocycles. The van der Waals surface area contributed by atoms with E-state index in [0.717, 1.165) is 30.1 Å². The number of nitrogens with zero attached hydrogens (tertiary/aromatic N) is 1. The number of nitrogens with one attached hydrogen (secondary N) is 3. The predicted molar refractivity (Wildman–Crippen MR) is 98.6 cm³/mol. The molecule has 1 aliphatic rings. The summed E-state index contributed by atoms with van der Waals surface area (Å²) in [7, 11) is 1.77. The Morgan fingerprint density at radius 2 is 1.96 bits per heavy atom. The maximum atomic E-state index is 11.9. The number of guanidine groups is 1. The molecule has 2 aromatic rings. The van der Waals surface area contributed by atoms with Crippen molar-refractivity contribution in [2.45, 2.75) is 25.4 Å². The van der Waals surface area contributed by atoms with Gasteiger partial charge < -0.3 is 20.4 Å². The number of rotatable bonds is 5. The van der Waals surface area contributed by atoms with Gasteiger partial charge in [0.1, 0.15) is 0 Å². The van der Waals surface area contributed by atoms with E-state index in [4.69, 9.17) is 4.42 Å². The third kappa shape index (κ3) is 4.73. The second kappa shape index (κ2) is 8.19. The lowest BCUT2D eigenvalue weighted by molar-refractivity contribution is 0.0996. The molecule has 25 heavy (non-hydrogen) atoms. The molecule has 0 unspecified atom stereocenters. The number of hydrogen-bond acceptors (Lipinski definition) is 3. The highest BCUT2D eigenvalue weighted by Crippen LogP contribution is 2.12. The van der Waals surface area contributed by atoms with Gasteiger partial charge in [0.15, 0.2) is 11.7 Å². The number of aliphatic imine (C=N–C) groups is 1. The van der Waals surface area contributed by atoms with Crippen LogP contribution in [0.2, 0.25) is 0 Å². The average Bonchev–Trinajstić information content (AvgIpc) is 3.33. The molecule has 0 fully saturated rings. The van der Waals surface area contributed by atoms with Crippen LogP contribution in [0.4, 0.5) is 5.69 Å². The average molecular weight is 338 g/mol. The van der Waals surface area contributed by atoms with Gasteiger partial charge in [0, 0.05) is 25.3 Å². The summed E-state index contributed by atoms with van der Waals surface area (Å²) < 4.78 is 5.08. The van der Waals surface area contributed by atoms with Crippen LogP contribution in [0.1, 0.15) is 29.0 Å². The van der Waals surface area contributed by atoms with E-state index < -0.39 is 0 Å². The highest BCUT2D eigenvalue weighted by Gasteiger charge is 2.11. The number of hydrogen-bond donors (Lipinski definition) is 3. The van der Waals surface area contributed by atoms with Crippen LogP contribution in [0, 0.1) is 0 Å². The van der Waals surface area contributed by atoms with Gasteiger partial charge in [-0.15, -0.1) is 0 Å². The van der Waals surface area contributed by atoms with Crippen LogP contribution in [0.15, 0.2) is 64.2 Å². The summed E-state index contributed by atoms with van der Waals surface area (Å²) in [6.07, 6.45) is 7.91. The summed E-state index contributed by atoms with van der Waals surface area (Å²) in [5.41, 5.74) is 1.83. The largest absolute Gasteiger partial charge is 0.459 e. The van der Waals surface area contributed by atoms with Crippen LogP contribution in [0.3, 0.4) is 0 Å². The van der Waals surface area contributed by atoms with Gasteiger partial charge in [-0.25, -0.2) is 0 Å². The maximum Gasteiger partial charge on any atom is 0.291 e. The highest BCUT2D eigenvalue weighted by molar-refractivity contribution is 6.02. The molecule has 0 spiro atoms. The van der Waals surface area contributed by atoms with E-state index in [1.165, 1.54) is 6.26 Å². The first-order chi connectivity index (χ1) is 12.2. The van der Waals surface area contributed by atoms with Gasteiger partial charge in [0.2, 0.25) is 0 Å². The Labute approximate surface area is 147 Å². The zero-order valence-electron chi connectivity index (χ0n) is 14.2. The molecule has 6 nitrogen and oxygen atoms in total. The van der Waals surface area contributed by atoms with Gasteiger partial charge in [0.25, 0.3) is 5.91 Å². The first-order valence-electron chi connectivity index (χ1n) is 8.30. The quantitative estimate of drug-likeness (QED) is 0.445. The standard InChI is InChI=1S/C19H22N4O2/c1-20-19(23-15-5-2-3-6-15)21-13-14-8-10-16(11-9-14)22-18(24)17-7-4-12-25-17/h2-4,7-12,15H,5-6,13H2,1H3,(H,22,24)(H2,20,21,23). The van der Waals surface area contributed by atoms with Gasteiger partial charge in [-0.3, -0.25) is 9.79 Å². The predicted octanol–water partition coefficient (Wildman–Crippen LogP) is 2.92. The van der Waals surface area contributed by atoms with Crippen LogP contribution >= 0.6 is 0 Å². The minimum absolute atomic E-state index is 0.259. The van der Waals surface area contributed by atoms with Crippen molar-refractivity contribution in [3.63, 3.8) is 0 Å². The van der Waals surface area contributed by atoms with Gasteiger partial charge in [-0.2, -0.15) is 0 Å². The Hall–Kier alpha value is -3.02. The fourth-order valence-corrected chi connectivity index (χ4v) is 2.62. The number of furan rings is 1. The molecule has 0 radical (unpaired) electrons. The third-order valence-corrected chi connectivity index (χ3v) is 3.99. The molecule has 1 aliphatic carbocycles. The van der Waals surface area contributed by atoms with Crippen molar-refractivity contribution in [2.75, 3.05) is 12.4 Å². The van der Waals surface area contributed by atoms with Crippen molar-refractivity contribution in [3.8, 4) is 0 Å². The monoisotopic (exact) mass is 338 g/mol. The van der Waals surface area contributed by atoms with E-state index >= 15 is 0 Å². The molecule has 0 saturated heterocycles. The number of benzene rings is 1. The van der Waals surface area contributed by atoms with Crippen molar-refractivity contribution < 1.29 is 9.21 Å². The van der Waals surface area contributed by atoms with Gasteiger partial charge >= 0.3 is 0 Å². The van der Waals surface area contributed by atoms with Crippen LogP contribution in [0.5, 0.6) is 0 Å². The Kier molecular flexibility index (Phi) is 5.51. The van der Waals surface area contributed by atoms with Crippen LogP contribution in [-0.2, 0) is 6.54 Å². The maximum absolute atomic E-state index is 11.9. The number of carbonyl (C=O) groups excluding carboxylic acids is 1. The van der Waals surface area contributed by atoms with Gasteiger partial charge in [-0.05, 0) is 42.7 Å². The second-order valence-electron chi connectivity index (χ2n) is 5.84. The number of anilines is 1. The lowest BCUT2D eigenvalue weighted by Gasteiger charge is -2.17. The molecule has 1 aromatic heterocycles. The van der Waals surface area contributed by atoms with E-state index in [2.05, 4.69) is 33.1 Å². The minimum Gasteiger partial charge on any atom is -0.459 e. The normalized spacial score (nSPS) is 14.5. The van der Waals surface area contributed by atoms with E-state index in [9.17, 15) is 4.79 Å². The summed E-state index contributed by atoms with van der Waals surface area (Å²) in [5.74, 6) is 0.830. The fourth-order valence-electron chi connectivity index (χ4n) is 2.62. The molecule has 1 aromatic carbocycles. The first-order valence-corrected chi connectivity index (χ1v) is 8.30. The third-order valence-electron chi connectivity index (χ3n) is 3.99. The van der Waals surface area contributed by atoms with Crippen LogP contribution in [0.25, 0.3) is 0 Å². The lowest BCUT2D eigenvalue weighted by Crippen LogP contribution is -2.42. The van der Waals surface area contributed by atoms with Crippen LogP contribution in [-0.4, -0.2) is 25.0 Å². The van der Waals surface area contributed by atoms with Crippen molar-refractivity contribution >= 4 is 17.6 Å². The minimum atomic E-state index is -0.259. The molecule has 3 rings (SSSR count). The van der Waals surface area contributed by atoms with E-state index in [1.54, 1.807) is 19.2 Å². The summed E-state index contributed by atoms with van der Waals surface area (Å²) in [4.78, 5) is 16.2. The summed E-state index contributed by atoms with van der Waals surface area (Å²) >= 11 is 0. The summed E-state index contributed by atoms with van der Waals surface area (Å²) in [5, 5.41) is 9.50. The van der Waals surface area contributed by atoms with Crippen molar-refractivity contribution in [1.29, 1.82) is 0 Å². The van der Waals surface area contributed by atoms with E-state index in [-0.39, 0.29) is 5.91 Å². The SMILES string of the molecule is CN=C(NCc1ccc(NC(=O)c2ccco2)cc1)NC1CC=CC1. The molecular formula is C19H22N4O2. The summed E-state index contributed by atoms with van der Waals surface area (Å²) in [6.45, 7) is 0.659. The Balaban J connectivity index is 1.49. The van der Waals surface area contributed by atoms with Crippen LogP contribution < -0.4 is 16.0 Å². The smallest absolute Gasteiger partial charge is 0.291 e. The lowest BCUT2D eigenvalue weighted by atomic mass is 10.2. The molecule has 6 heteroatoms. The van der Waals surface area contributed by atoms with Gasteiger partial charge in [0.05, 0.1) is 6.26 Å². The molecule has 3 N–H and O–H groups in total. The molecular weight excluding hydrogens is 316 g/mol. The first kappa shape index (κ1) is 16.8. The summed E-state index contributed by atoms with van der Waals surface area (Å²) in [6, 6.07) is 11.4. The Morgan fingerprint density at radius 1 is 1.20 bits per heavy atom. The highest BCUT2D eigenvalue weighted by atomic mass is 16.3. The van der Waals surface area contributed by atoms with E-state index in [0.29, 0.717) is 18.3 Å².